The molecule has 1 aromatic carbocycles. The third-order valence-electron chi connectivity index (χ3n) is 3.27. The molecular formula is C18H18N4O3. The molecular weight excluding hydrogens is 320 g/mol. The number of benzene rings is 1. The van der Waals surface area contributed by atoms with Crippen LogP contribution in [0, 0.1) is 11.3 Å². The van der Waals surface area contributed by atoms with E-state index in [0.29, 0.717) is 30.2 Å². The van der Waals surface area contributed by atoms with Gasteiger partial charge in [0.1, 0.15) is 0 Å². The Morgan fingerprint density at radius 3 is 2.64 bits per heavy atom. The van der Waals surface area contributed by atoms with Crippen LogP contribution in [0.2, 0.25) is 0 Å². The maximum atomic E-state index is 11.9. The molecule has 1 aromatic heterocycles. The number of anilines is 1. The summed E-state index contributed by atoms with van der Waals surface area (Å²) in [6.45, 7) is 2.43. The van der Waals surface area contributed by atoms with Crippen molar-refractivity contribution in [2.45, 2.75) is 19.9 Å². The maximum Gasteiger partial charge on any atom is 0.313 e. The van der Waals surface area contributed by atoms with Gasteiger partial charge in [0, 0.05) is 24.0 Å². The van der Waals surface area contributed by atoms with Gasteiger partial charge in [0.15, 0.2) is 0 Å². The predicted octanol–water partition coefficient (Wildman–Crippen LogP) is 1.80. The molecule has 0 atom stereocenters. The first kappa shape index (κ1) is 17.9. The lowest BCUT2D eigenvalue weighted by Crippen LogP contribution is -2.35. The van der Waals surface area contributed by atoms with E-state index in [1.54, 1.807) is 42.6 Å². The molecule has 1 heterocycles. The molecule has 0 unspecified atom stereocenters. The molecule has 0 saturated carbocycles. The molecule has 0 saturated heterocycles. The van der Waals surface area contributed by atoms with Crippen LogP contribution in [0.25, 0.3) is 0 Å². The highest BCUT2D eigenvalue weighted by Gasteiger charge is 2.14. The van der Waals surface area contributed by atoms with E-state index in [0.717, 1.165) is 5.56 Å². The minimum atomic E-state index is -0.769. The lowest BCUT2D eigenvalue weighted by atomic mass is 10.1. The van der Waals surface area contributed by atoms with Crippen molar-refractivity contribution in [1.82, 2.24) is 10.3 Å². The average Bonchev–Trinajstić information content (AvgIpc) is 2.63. The van der Waals surface area contributed by atoms with E-state index in [4.69, 9.17) is 10.00 Å². The number of pyridine rings is 1. The number of nitrogens with zero attached hydrogens (tertiary/aromatic N) is 2. The van der Waals surface area contributed by atoms with Crippen LogP contribution in [0.5, 0.6) is 5.88 Å². The smallest absolute Gasteiger partial charge is 0.313 e. The number of carbonyl (C=O) groups excluding carboxylic acids is 2. The Morgan fingerprint density at radius 1 is 1.20 bits per heavy atom. The van der Waals surface area contributed by atoms with Crippen LogP contribution in [0.3, 0.4) is 0 Å². The summed E-state index contributed by atoms with van der Waals surface area (Å²) in [5.74, 6) is -1.10. The lowest BCUT2D eigenvalue weighted by molar-refractivity contribution is -0.136. The molecule has 0 fully saturated rings. The Balaban J connectivity index is 1.90. The van der Waals surface area contributed by atoms with Gasteiger partial charge in [0.2, 0.25) is 5.88 Å². The van der Waals surface area contributed by atoms with Crippen molar-refractivity contribution in [2.75, 3.05) is 11.9 Å². The summed E-state index contributed by atoms with van der Waals surface area (Å²) in [5.41, 5.74) is 2.01. The fourth-order valence-electron chi connectivity index (χ4n) is 2.07. The Hall–Kier alpha value is -3.40. The van der Waals surface area contributed by atoms with E-state index < -0.39 is 11.8 Å². The van der Waals surface area contributed by atoms with Gasteiger partial charge in [0.25, 0.3) is 0 Å². The molecule has 0 aliphatic rings. The SMILES string of the molecule is CCOc1ncccc1CNC(=O)C(=O)Nc1ccc(CC#N)cc1. The molecule has 25 heavy (non-hydrogen) atoms. The Labute approximate surface area is 145 Å². The molecule has 0 radical (unpaired) electrons. The highest BCUT2D eigenvalue weighted by Crippen LogP contribution is 2.14. The monoisotopic (exact) mass is 338 g/mol. The number of rotatable bonds is 6. The minimum Gasteiger partial charge on any atom is -0.478 e. The number of aromatic nitrogens is 1. The van der Waals surface area contributed by atoms with Gasteiger partial charge in [-0.3, -0.25) is 9.59 Å². The van der Waals surface area contributed by atoms with E-state index in [-0.39, 0.29) is 6.54 Å². The summed E-state index contributed by atoms with van der Waals surface area (Å²) in [7, 11) is 0. The van der Waals surface area contributed by atoms with E-state index >= 15 is 0 Å². The number of ether oxygens (including phenoxy) is 1. The topological polar surface area (TPSA) is 104 Å². The van der Waals surface area contributed by atoms with Gasteiger partial charge < -0.3 is 15.4 Å². The molecule has 0 aliphatic heterocycles. The fraction of sp³-hybridized carbons (Fsp3) is 0.222. The third kappa shape index (κ3) is 5.32. The third-order valence-corrected chi connectivity index (χ3v) is 3.27. The zero-order valence-corrected chi connectivity index (χ0v) is 13.8. The maximum absolute atomic E-state index is 11.9. The summed E-state index contributed by atoms with van der Waals surface area (Å²) in [6.07, 6.45) is 1.89. The number of amides is 2. The largest absolute Gasteiger partial charge is 0.478 e. The summed E-state index contributed by atoms with van der Waals surface area (Å²) in [4.78, 5) is 27.9. The van der Waals surface area contributed by atoms with Gasteiger partial charge in [-0.2, -0.15) is 5.26 Å². The first-order valence-corrected chi connectivity index (χ1v) is 7.75. The Kier molecular flexibility index (Phi) is 6.48. The van der Waals surface area contributed by atoms with Crippen molar-refractivity contribution in [3.05, 3.63) is 53.7 Å². The summed E-state index contributed by atoms with van der Waals surface area (Å²) < 4.78 is 5.37. The van der Waals surface area contributed by atoms with Crippen molar-refractivity contribution in [3.63, 3.8) is 0 Å². The van der Waals surface area contributed by atoms with Gasteiger partial charge in [-0.1, -0.05) is 18.2 Å². The quantitative estimate of drug-likeness (QED) is 0.782. The van der Waals surface area contributed by atoms with Crippen LogP contribution in [-0.2, 0) is 22.6 Å². The van der Waals surface area contributed by atoms with Gasteiger partial charge in [-0.25, -0.2) is 4.98 Å². The molecule has 2 rings (SSSR count). The summed E-state index contributed by atoms with van der Waals surface area (Å²) in [6, 6.07) is 12.3. The van der Waals surface area contributed by atoms with Crippen LogP contribution in [0.1, 0.15) is 18.1 Å². The highest BCUT2D eigenvalue weighted by atomic mass is 16.5. The van der Waals surface area contributed by atoms with Crippen LogP contribution >= 0.6 is 0 Å². The van der Waals surface area contributed by atoms with Crippen LogP contribution in [0.15, 0.2) is 42.6 Å². The van der Waals surface area contributed by atoms with Crippen LogP contribution in [-0.4, -0.2) is 23.4 Å². The van der Waals surface area contributed by atoms with Crippen LogP contribution in [0.4, 0.5) is 5.69 Å². The molecule has 2 aromatic rings. The molecule has 2 amide bonds. The second-order valence-corrected chi connectivity index (χ2v) is 5.07. The molecule has 0 aliphatic carbocycles. The van der Waals surface area contributed by atoms with Crippen molar-refractivity contribution in [1.29, 1.82) is 5.26 Å². The van der Waals surface area contributed by atoms with Gasteiger partial charge >= 0.3 is 11.8 Å². The second-order valence-electron chi connectivity index (χ2n) is 5.07. The molecule has 2 N–H and O–H groups in total. The summed E-state index contributed by atoms with van der Waals surface area (Å²) >= 11 is 0. The van der Waals surface area contributed by atoms with E-state index in [2.05, 4.69) is 15.6 Å². The standard InChI is InChI=1S/C18H18N4O3/c1-2-25-18-14(4-3-11-20-18)12-21-16(23)17(24)22-15-7-5-13(6-8-15)9-10-19/h3-8,11H,2,9,12H2,1H3,(H,21,23)(H,22,24). The van der Waals surface area contributed by atoms with Crippen molar-refractivity contribution < 1.29 is 14.3 Å². The number of nitriles is 1. The predicted molar refractivity (Wildman–Crippen MR) is 91.6 cm³/mol. The number of hydrogen-bond donors (Lipinski definition) is 2. The fourth-order valence-corrected chi connectivity index (χ4v) is 2.07. The number of hydrogen-bond acceptors (Lipinski definition) is 5. The van der Waals surface area contributed by atoms with E-state index in [1.165, 1.54) is 0 Å². The first-order chi connectivity index (χ1) is 12.1. The number of carbonyl (C=O) groups is 2. The van der Waals surface area contributed by atoms with Gasteiger partial charge in [-0.05, 0) is 30.7 Å². The van der Waals surface area contributed by atoms with E-state index in [1.807, 2.05) is 13.0 Å². The van der Waals surface area contributed by atoms with Crippen molar-refractivity contribution >= 4 is 17.5 Å². The zero-order chi connectivity index (χ0) is 18.1. The van der Waals surface area contributed by atoms with Crippen molar-refractivity contribution in [3.8, 4) is 11.9 Å². The minimum absolute atomic E-state index is 0.135. The molecule has 128 valence electrons. The number of nitrogens with one attached hydrogen (secondary N) is 2. The average molecular weight is 338 g/mol. The second kappa shape index (κ2) is 9.03. The zero-order valence-electron chi connectivity index (χ0n) is 13.8. The molecule has 0 bridgehead atoms. The lowest BCUT2D eigenvalue weighted by Gasteiger charge is -2.10. The van der Waals surface area contributed by atoms with Gasteiger partial charge in [-0.15, -0.1) is 0 Å². The van der Waals surface area contributed by atoms with Crippen molar-refractivity contribution in [2.24, 2.45) is 0 Å². The molecule has 0 spiro atoms. The first-order valence-electron chi connectivity index (χ1n) is 7.75. The molecule has 7 nitrogen and oxygen atoms in total. The van der Waals surface area contributed by atoms with Crippen LogP contribution < -0.4 is 15.4 Å². The molecule has 7 heteroatoms. The highest BCUT2D eigenvalue weighted by molar-refractivity contribution is 6.39. The van der Waals surface area contributed by atoms with E-state index in [9.17, 15) is 9.59 Å². The Morgan fingerprint density at radius 2 is 1.96 bits per heavy atom. The normalized spacial score (nSPS) is 9.76. The Bertz CT molecular complexity index is 782. The summed E-state index contributed by atoms with van der Waals surface area (Å²) in [5, 5.41) is 13.7. The van der Waals surface area contributed by atoms with Gasteiger partial charge in [0.05, 0.1) is 19.1 Å².